The molecule has 0 saturated carbocycles. The van der Waals surface area contributed by atoms with Gasteiger partial charge in [0.25, 0.3) is 0 Å². The van der Waals surface area contributed by atoms with E-state index in [1.807, 2.05) is 27.7 Å². The largest absolute Gasteiger partial charge is 0.417 e. The minimum atomic E-state index is -4.28. The van der Waals surface area contributed by atoms with Gasteiger partial charge in [-0.1, -0.05) is 49.7 Å². The van der Waals surface area contributed by atoms with Gasteiger partial charge < -0.3 is 0 Å². The van der Waals surface area contributed by atoms with Gasteiger partial charge in [0.05, 0.1) is 5.56 Å². The summed E-state index contributed by atoms with van der Waals surface area (Å²) in [5, 5.41) is 0. The fourth-order valence-corrected chi connectivity index (χ4v) is 1.74. The SMILES string of the molecule is CC.CC(C)c1ccc(C(F)(F)F)c(Br)c1. The molecule has 92 valence electrons. The average Bonchev–Trinajstić information content (AvgIpc) is 2.18. The van der Waals surface area contributed by atoms with Crippen LogP contribution in [0.5, 0.6) is 0 Å². The van der Waals surface area contributed by atoms with Crippen molar-refractivity contribution in [3.63, 3.8) is 0 Å². The second-order valence-electron chi connectivity index (χ2n) is 3.39. The Morgan fingerprint density at radius 1 is 1.12 bits per heavy atom. The van der Waals surface area contributed by atoms with Crippen molar-refractivity contribution in [3.8, 4) is 0 Å². The van der Waals surface area contributed by atoms with Gasteiger partial charge in [0.2, 0.25) is 0 Å². The number of benzene rings is 1. The summed E-state index contributed by atoms with van der Waals surface area (Å²) in [4.78, 5) is 0. The van der Waals surface area contributed by atoms with Gasteiger partial charge in [-0.15, -0.1) is 0 Å². The lowest BCUT2D eigenvalue weighted by Crippen LogP contribution is -2.06. The monoisotopic (exact) mass is 296 g/mol. The molecule has 0 saturated heterocycles. The Morgan fingerprint density at radius 3 is 1.94 bits per heavy atom. The highest BCUT2D eigenvalue weighted by molar-refractivity contribution is 9.10. The van der Waals surface area contributed by atoms with Gasteiger partial charge in [0, 0.05) is 4.47 Å². The molecule has 4 heteroatoms. The molecule has 0 nitrogen and oxygen atoms in total. The minimum absolute atomic E-state index is 0.108. The lowest BCUT2D eigenvalue weighted by molar-refractivity contribution is -0.138. The summed E-state index contributed by atoms with van der Waals surface area (Å²) in [6.45, 7) is 7.88. The van der Waals surface area contributed by atoms with Crippen LogP contribution in [-0.4, -0.2) is 0 Å². The minimum Gasteiger partial charge on any atom is -0.166 e. The van der Waals surface area contributed by atoms with E-state index in [-0.39, 0.29) is 10.4 Å². The van der Waals surface area contributed by atoms with Crippen LogP contribution in [0.3, 0.4) is 0 Å². The lowest BCUT2D eigenvalue weighted by atomic mass is 10.0. The first-order valence-electron chi connectivity index (χ1n) is 5.19. The fraction of sp³-hybridized carbons (Fsp3) is 0.500. The molecule has 0 aliphatic rings. The molecule has 0 radical (unpaired) electrons. The van der Waals surface area contributed by atoms with Crippen LogP contribution in [-0.2, 0) is 6.18 Å². The maximum absolute atomic E-state index is 12.4. The topological polar surface area (TPSA) is 0 Å². The molecule has 1 aromatic rings. The van der Waals surface area contributed by atoms with E-state index in [0.717, 1.165) is 11.6 Å². The number of rotatable bonds is 1. The fourth-order valence-electron chi connectivity index (χ4n) is 1.12. The maximum atomic E-state index is 12.4. The predicted molar refractivity (Wildman–Crippen MR) is 64.6 cm³/mol. The molecule has 0 aliphatic carbocycles. The second kappa shape index (κ2) is 6.28. The molecule has 1 aromatic carbocycles. The molecule has 0 atom stereocenters. The van der Waals surface area contributed by atoms with E-state index in [9.17, 15) is 13.2 Å². The van der Waals surface area contributed by atoms with Crippen molar-refractivity contribution < 1.29 is 13.2 Å². The van der Waals surface area contributed by atoms with Crippen molar-refractivity contribution in [3.05, 3.63) is 33.8 Å². The molecule has 0 spiro atoms. The third-order valence-electron chi connectivity index (χ3n) is 1.97. The van der Waals surface area contributed by atoms with Gasteiger partial charge in [0.1, 0.15) is 0 Å². The highest BCUT2D eigenvalue weighted by atomic mass is 79.9. The molecule has 0 N–H and O–H groups in total. The van der Waals surface area contributed by atoms with Crippen LogP contribution in [0.4, 0.5) is 13.2 Å². The Morgan fingerprint density at radius 2 is 1.62 bits per heavy atom. The van der Waals surface area contributed by atoms with Crippen molar-refractivity contribution in [1.29, 1.82) is 0 Å². The normalized spacial score (nSPS) is 11.1. The van der Waals surface area contributed by atoms with Crippen LogP contribution in [0.25, 0.3) is 0 Å². The van der Waals surface area contributed by atoms with Crippen LogP contribution >= 0.6 is 15.9 Å². The zero-order chi connectivity index (χ0) is 12.9. The number of hydrogen-bond donors (Lipinski definition) is 0. The first-order chi connectivity index (χ1) is 7.32. The van der Waals surface area contributed by atoms with E-state index < -0.39 is 11.7 Å². The molecule has 0 heterocycles. The summed E-state index contributed by atoms with van der Waals surface area (Å²) in [5.74, 6) is 0.230. The van der Waals surface area contributed by atoms with Crippen molar-refractivity contribution in [2.75, 3.05) is 0 Å². The van der Waals surface area contributed by atoms with Gasteiger partial charge in [-0.2, -0.15) is 13.2 Å². The van der Waals surface area contributed by atoms with E-state index >= 15 is 0 Å². The van der Waals surface area contributed by atoms with E-state index in [4.69, 9.17) is 0 Å². The second-order valence-corrected chi connectivity index (χ2v) is 4.25. The first kappa shape index (κ1) is 15.5. The molecule has 0 amide bonds. The third-order valence-corrected chi connectivity index (χ3v) is 2.62. The van der Waals surface area contributed by atoms with Gasteiger partial charge in [-0.3, -0.25) is 0 Å². The molecule has 0 bridgehead atoms. The average molecular weight is 297 g/mol. The van der Waals surface area contributed by atoms with E-state index in [1.165, 1.54) is 12.1 Å². The maximum Gasteiger partial charge on any atom is 0.417 e. The highest BCUT2D eigenvalue weighted by Crippen LogP contribution is 2.36. The number of hydrogen-bond acceptors (Lipinski definition) is 0. The molecular formula is C12H16BrF3. The van der Waals surface area contributed by atoms with Crippen LogP contribution < -0.4 is 0 Å². The van der Waals surface area contributed by atoms with E-state index in [0.29, 0.717) is 0 Å². The Balaban J connectivity index is 0.00000106. The number of halogens is 4. The molecule has 16 heavy (non-hydrogen) atoms. The standard InChI is InChI=1S/C10H10BrF3.C2H6/c1-6(2)7-3-4-8(9(11)5-7)10(12,13)14;1-2/h3-6H,1-2H3;1-2H3. The van der Waals surface area contributed by atoms with E-state index in [2.05, 4.69) is 15.9 Å². The van der Waals surface area contributed by atoms with Gasteiger partial charge >= 0.3 is 6.18 Å². The number of alkyl halides is 3. The summed E-state index contributed by atoms with van der Waals surface area (Å²) in [6.07, 6.45) is -4.28. The summed E-state index contributed by atoms with van der Waals surface area (Å²) >= 11 is 2.93. The van der Waals surface area contributed by atoms with Crippen molar-refractivity contribution in [2.45, 2.75) is 39.8 Å². The molecule has 1 rings (SSSR count). The van der Waals surface area contributed by atoms with Crippen molar-refractivity contribution in [2.24, 2.45) is 0 Å². The van der Waals surface area contributed by atoms with Crippen molar-refractivity contribution >= 4 is 15.9 Å². The Labute approximate surface area is 103 Å². The first-order valence-corrected chi connectivity index (χ1v) is 5.98. The van der Waals surface area contributed by atoms with Crippen LogP contribution in [0.2, 0.25) is 0 Å². The van der Waals surface area contributed by atoms with Gasteiger partial charge in [-0.05, 0) is 23.6 Å². The van der Waals surface area contributed by atoms with Crippen LogP contribution in [0, 0.1) is 0 Å². The quantitative estimate of drug-likeness (QED) is 0.631. The van der Waals surface area contributed by atoms with Crippen LogP contribution in [0.1, 0.15) is 44.7 Å². The van der Waals surface area contributed by atoms with E-state index in [1.54, 1.807) is 0 Å². The third kappa shape index (κ3) is 4.16. The smallest absolute Gasteiger partial charge is 0.166 e. The summed E-state index contributed by atoms with van der Waals surface area (Å²) in [6, 6.07) is 4.14. The molecule has 0 fully saturated rings. The van der Waals surface area contributed by atoms with Crippen molar-refractivity contribution in [1.82, 2.24) is 0 Å². The molecular weight excluding hydrogens is 281 g/mol. The lowest BCUT2D eigenvalue weighted by Gasteiger charge is -2.12. The zero-order valence-electron chi connectivity index (χ0n) is 9.82. The Bertz CT molecular complexity index is 330. The Kier molecular flexibility index (Phi) is 6.08. The molecule has 0 aliphatic heterocycles. The summed E-state index contributed by atoms with van der Waals surface area (Å²) in [5.41, 5.74) is 0.270. The van der Waals surface area contributed by atoms with Gasteiger partial charge in [-0.25, -0.2) is 0 Å². The predicted octanol–water partition coefficient (Wildman–Crippen LogP) is 5.62. The van der Waals surface area contributed by atoms with Crippen LogP contribution in [0.15, 0.2) is 22.7 Å². The zero-order valence-corrected chi connectivity index (χ0v) is 11.4. The van der Waals surface area contributed by atoms with Gasteiger partial charge in [0.15, 0.2) is 0 Å². The summed E-state index contributed by atoms with van der Waals surface area (Å²) < 4.78 is 37.2. The molecule has 0 aromatic heterocycles. The summed E-state index contributed by atoms with van der Waals surface area (Å²) in [7, 11) is 0. The molecule has 0 unspecified atom stereocenters. The Hall–Kier alpha value is -0.510. The highest BCUT2D eigenvalue weighted by Gasteiger charge is 2.32.